The number of sulfone groups is 1. The summed E-state index contributed by atoms with van der Waals surface area (Å²) in [5.41, 5.74) is 0.970. The summed E-state index contributed by atoms with van der Waals surface area (Å²) in [4.78, 5) is 5.37. The minimum atomic E-state index is -3.03. The van der Waals surface area contributed by atoms with E-state index in [0.29, 0.717) is 17.3 Å². The fourth-order valence-corrected chi connectivity index (χ4v) is 3.94. The van der Waals surface area contributed by atoms with Crippen molar-refractivity contribution in [1.29, 1.82) is 5.26 Å². The Balaban J connectivity index is 2.25. The predicted octanol–water partition coefficient (Wildman–Crippen LogP) is 2.02. The van der Waals surface area contributed by atoms with Gasteiger partial charge >= 0.3 is 0 Å². The Morgan fingerprint density at radius 3 is 2.76 bits per heavy atom. The number of aromatic nitrogens is 1. The molecular formula is C11H14N2O2S2. The summed E-state index contributed by atoms with van der Waals surface area (Å²) in [6, 6.07) is 2.12. The van der Waals surface area contributed by atoms with Crippen LogP contribution in [-0.2, 0) is 22.0 Å². The molecule has 4 nitrogen and oxygen atoms in total. The SMILES string of the molecule is CCS(=O)(=O)Cc1nc(C2CC2)c(CC#N)s1. The summed E-state index contributed by atoms with van der Waals surface area (Å²) >= 11 is 1.38. The predicted molar refractivity (Wildman–Crippen MR) is 66.6 cm³/mol. The van der Waals surface area contributed by atoms with Crippen molar-refractivity contribution in [2.45, 2.75) is 37.9 Å². The van der Waals surface area contributed by atoms with E-state index >= 15 is 0 Å². The number of hydrogen-bond donors (Lipinski definition) is 0. The van der Waals surface area contributed by atoms with Crippen LogP contribution in [0.3, 0.4) is 0 Å². The number of rotatable bonds is 5. The first kappa shape index (κ1) is 12.5. The molecule has 17 heavy (non-hydrogen) atoms. The molecule has 0 unspecified atom stereocenters. The maximum atomic E-state index is 11.5. The van der Waals surface area contributed by atoms with Crippen LogP contribution in [0.1, 0.15) is 41.3 Å². The minimum Gasteiger partial charge on any atom is -0.245 e. The molecule has 0 aliphatic heterocycles. The van der Waals surface area contributed by atoms with Crippen molar-refractivity contribution in [1.82, 2.24) is 4.98 Å². The fraction of sp³-hybridized carbons (Fsp3) is 0.636. The Hall–Kier alpha value is -0.930. The number of nitrogens with zero attached hydrogens (tertiary/aromatic N) is 2. The largest absolute Gasteiger partial charge is 0.245 e. The molecule has 0 aromatic carbocycles. The summed E-state index contributed by atoms with van der Waals surface area (Å²) in [6.45, 7) is 1.64. The lowest BCUT2D eigenvalue weighted by molar-refractivity contribution is 0.596. The second-order valence-corrected chi connectivity index (χ2v) is 7.72. The lowest BCUT2D eigenvalue weighted by Crippen LogP contribution is -2.06. The van der Waals surface area contributed by atoms with Crippen LogP contribution in [0, 0.1) is 11.3 Å². The van der Waals surface area contributed by atoms with Crippen LogP contribution in [0.5, 0.6) is 0 Å². The highest BCUT2D eigenvalue weighted by atomic mass is 32.2. The zero-order chi connectivity index (χ0) is 12.5. The van der Waals surface area contributed by atoms with Gasteiger partial charge < -0.3 is 0 Å². The van der Waals surface area contributed by atoms with E-state index in [1.165, 1.54) is 11.3 Å². The van der Waals surface area contributed by atoms with E-state index in [-0.39, 0.29) is 11.5 Å². The maximum absolute atomic E-state index is 11.5. The molecule has 2 rings (SSSR count). The molecule has 92 valence electrons. The molecule has 6 heteroatoms. The molecule has 0 amide bonds. The van der Waals surface area contributed by atoms with Crippen molar-refractivity contribution in [3.63, 3.8) is 0 Å². The van der Waals surface area contributed by atoms with Gasteiger partial charge in [0.25, 0.3) is 0 Å². The second kappa shape index (κ2) is 4.75. The third kappa shape index (κ3) is 3.05. The first-order valence-electron chi connectivity index (χ1n) is 5.61. The van der Waals surface area contributed by atoms with Gasteiger partial charge in [-0.25, -0.2) is 13.4 Å². The van der Waals surface area contributed by atoms with Crippen LogP contribution in [0.4, 0.5) is 0 Å². The van der Waals surface area contributed by atoms with Crippen LogP contribution < -0.4 is 0 Å². The van der Waals surface area contributed by atoms with Gasteiger partial charge in [0, 0.05) is 16.5 Å². The normalized spacial score (nSPS) is 15.8. The standard InChI is InChI=1S/C11H14N2O2S2/c1-2-17(14,15)7-10-13-11(8-3-4-8)9(16-10)5-6-12/h8H,2-5,7H2,1H3. The Labute approximate surface area is 105 Å². The van der Waals surface area contributed by atoms with Gasteiger partial charge in [-0.1, -0.05) is 6.92 Å². The molecule has 1 fully saturated rings. The van der Waals surface area contributed by atoms with Crippen molar-refractivity contribution in [2.75, 3.05) is 5.75 Å². The van der Waals surface area contributed by atoms with E-state index < -0.39 is 9.84 Å². The average Bonchev–Trinajstić information content (AvgIpc) is 3.04. The van der Waals surface area contributed by atoms with Gasteiger partial charge in [-0.15, -0.1) is 11.3 Å². The van der Waals surface area contributed by atoms with E-state index in [2.05, 4.69) is 11.1 Å². The highest BCUT2D eigenvalue weighted by molar-refractivity contribution is 7.90. The number of thiazole rings is 1. The van der Waals surface area contributed by atoms with Crippen LogP contribution in [0.2, 0.25) is 0 Å². The maximum Gasteiger partial charge on any atom is 0.156 e. The summed E-state index contributed by atoms with van der Waals surface area (Å²) in [7, 11) is -3.03. The van der Waals surface area contributed by atoms with E-state index in [1.54, 1.807) is 6.92 Å². The van der Waals surface area contributed by atoms with Gasteiger partial charge in [0.2, 0.25) is 0 Å². The zero-order valence-corrected chi connectivity index (χ0v) is 11.3. The van der Waals surface area contributed by atoms with E-state index in [1.807, 2.05) is 0 Å². The Kier molecular flexibility index (Phi) is 3.50. The van der Waals surface area contributed by atoms with E-state index in [4.69, 9.17) is 5.26 Å². The summed E-state index contributed by atoms with van der Waals surface area (Å²) in [5, 5.41) is 9.38. The first-order chi connectivity index (χ1) is 8.05. The molecule has 0 radical (unpaired) electrons. The number of hydrogen-bond acceptors (Lipinski definition) is 5. The lowest BCUT2D eigenvalue weighted by atomic mass is 10.2. The quantitative estimate of drug-likeness (QED) is 0.820. The summed E-state index contributed by atoms with van der Waals surface area (Å²) < 4.78 is 23.1. The molecule has 0 spiro atoms. The summed E-state index contributed by atoms with van der Waals surface area (Å²) in [5.74, 6) is 0.616. The van der Waals surface area contributed by atoms with Crippen molar-refractivity contribution >= 4 is 21.2 Å². The van der Waals surface area contributed by atoms with Crippen LogP contribution in [0.15, 0.2) is 0 Å². The Morgan fingerprint density at radius 2 is 2.24 bits per heavy atom. The van der Waals surface area contributed by atoms with Gasteiger partial charge in [-0.05, 0) is 12.8 Å². The van der Waals surface area contributed by atoms with Gasteiger partial charge in [-0.2, -0.15) is 5.26 Å². The van der Waals surface area contributed by atoms with Crippen LogP contribution >= 0.6 is 11.3 Å². The molecule has 1 aliphatic rings. The van der Waals surface area contributed by atoms with Crippen molar-refractivity contribution in [3.8, 4) is 6.07 Å². The minimum absolute atomic E-state index is 0.0132. The van der Waals surface area contributed by atoms with Gasteiger partial charge in [0.1, 0.15) is 10.8 Å². The molecular weight excluding hydrogens is 256 g/mol. The van der Waals surface area contributed by atoms with Crippen molar-refractivity contribution < 1.29 is 8.42 Å². The van der Waals surface area contributed by atoms with Gasteiger partial charge in [0.05, 0.1) is 18.2 Å². The zero-order valence-electron chi connectivity index (χ0n) is 9.64. The molecule has 1 aliphatic carbocycles. The fourth-order valence-electron chi connectivity index (χ4n) is 1.64. The smallest absolute Gasteiger partial charge is 0.156 e. The molecule has 0 N–H and O–H groups in total. The van der Waals surface area contributed by atoms with Crippen molar-refractivity contribution in [2.24, 2.45) is 0 Å². The third-order valence-corrected chi connectivity index (χ3v) is 5.61. The molecule has 0 bridgehead atoms. The van der Waals surface area contributed by atoms with Gasteiger partial charge in [-0.3, -0.25) is 0 Å². The average molecular weight is 270 g/mol. The first-order valence-corrected chi connectivity index (χ1v) is 8.25. The molecule has 1 saturated carbocycles. The second-order valence-electron chi connectivity index (χ2n) is 4.20. The van der Waals surface area contributed by atoms with Crippen LogP contribution in [0.25, 0.3) is 0 Å². The third-order valence-electron chi connectivity index (χ3n) is 2.76. The molecule has 0 saturated heterocycles. The van der Waals surface area contributed by atoms with E-state index in [0.717, 1.165) is 23.4 Å². The van der Waals surface area contributed by atoms with Gasteiger partial charge in [0.15, 0.2) is 9.84 Å². The lowest BCUT2D eigenvalue weighted by Gasteiger charge is -1.95. The number of nitriles is 1. The highest BCUT2D eigenvalue weighted by Crippen LogP contribution is 2.42. The molecule has 1 aromatic rings. The molecule has 1 aromatic heterocycles. The Morgan fingerprint density at radius 1 is 1.53 bits per heavy atom. The topological polar surface area (TPSA) is 70.8 Å². The highest BCUT2D eigenvalue weighted by Gasteiger charge is 2.30. The van der Waals surface area contributed by atoms with Crippen LogP contribution in [-0.4, -0.2) is 19.2 Å². The molecule has 1 heterocycles. The van der Waals surface area contributed by atoms with Crippen molar-refractivity contribution in [3.05, 3.63) is 15.6 Å². The molecule has 0 atom stereocenters. The van der Waals surface area contributed by atoms with E-state index in [9.17, 15) is 8.42 Å². The summed E-state index contributed by atoms with van der Waals surface area (Å²) in [6.07, 6.45) is 2.57. The Bertz CT molecular complexity index is 551. The monoisotopic (exact) mass is 270 g/mol.